The zero-order valence-electron chi connectivity index (χ0n) is 18.8. The Kier molecular flexibility index (Phi) is 7.08. The van der Waals surface area contributed by atoms with Crippen molar-refractivity contribution in [3.05, 3.63) is 71.1 Å². The number of anilines is 1. The summed E-state index contributed by atoms with van der Waals surface area (Å²) in [4.78, 5) is 57.6. The average Bonchev–Trinajstić information content (AvgIpc) is 3.10. The second kappa shape index (κ2) is 10.2. The SMILES string of the molecule is CCOC(=O)c1ccc(N=C2SC(=CC3C(=O)NC(=S)N(c4ccccc4)C3=O)C(=O)N2C)cc1. The molecule has 1 unspecified atom stereocenters. The van der Waals surface area contributed by atoms with Gasteiger partial charge in [0.05, 0.1) is 28.5 Å². The van der Waals surface area contributed by atoms with E-state index in [1.54, 1.807) is 68.6 Å². The van der Waals surface area contributed by atoms with Crippen LogP contribution in [0.25, 0.3) is 0 Å². The minimum absolute atomic E-state index is 0.0168. The van der Waals surface area contributed by atoms with Crippen LogP contribution in [0.3, 0.4) is 0 Å². The fourth-order valence-electron chi connectivity index (χ4n) is 3.37. The number of carbonyl (C=O) groups excluding carboxylic acids is 4. The molecule has 0 aromatic heterocycles. The van der Waals surface area contributed by atoms with Crippen LogP contribution in [0.1, 0.15) is 17.3 Å². The highest BCUT2D eigenvalue weighted by atomic mass is 32.2. The maximum atomic E-state index is 13.2. The van der Waals surface area contributed by atoms with E-state index in [4.69, 9.17) is 17.0 Å². The van der Waals surface area contributed by atoms with Gasteiger partial charge in [-0.3, -0.25) is 24.2 Å². The first-order valence-corrected chi connectivity index (χ1v) is 11.8. The molecule has 0 saturated carbocycles. The third-order valence-corrected chi connectivity index (χ3v) is 6.50. The van der Waals surface area contributed by atoms with E-state index in [-0.39, 0.29) is 16.6 Å². The van der Waals surface area contributed by atoms with Gasteiger partial charge in [-0.2, -0.15) is 0 Å². The number of hydrogen-bond acceptors (Lipinski definition) is 8. The zero-order valence-corrected chi connectivity index (χ0v) is 20.4. The van der Waals surface area contributed by atoms with Gasteiger partial charge in [0.25, 0.3) is 5.91 Å². The Balaban J connectivity index is 1.57. The van der Waals surface area contributed by atoms with Gasteiger partial charge in [-0.15, -0.1) is 0 Å². The molecule has 178 valence electrons. The van der Waals surface area contributed by atoms with E-state index >= 15 is 0 Å². The molecule has 2 aliphatic heterocycles. The third kappa shape index (κ3) is 5.00. The Morgan fingerprint density at radius 1 is 1.14 bits per heavy atom. The smallest absolute Gasteiger partial charge is 0.338 e. The number of thiocarbonyl (C=S) groups is 1. The van der Waals surface area contributed by atoms with E-state index in [0.717, 1.165) is 11.8 Å². The van der Waals surface area contributed by atoms with Crippen molar-refractivity contribution in [3.63, 3.8) is 0 Å². The molecule has 3 amide bonds. The highest BCUT2D eigenvalue weighted by molar-refractivity contribution is 8.18. The summed E-state index contributed by atoms with van der Waals surface area (Å²) in [5.41, 5.74) is 1.43. The summed E-state index contributed by atoms with van der Waals surface area (Å²) in [7, 11) is 1.55. The highest BCUT2D eigenvalue weighted by Crippen LogP contribution is 2.34. The zero-order chi connectivity index (χ0) is 25.1. The van der Waals surface area contributed by atoms with E-state index < -0.39 is 29.6 Å². The van der Waals surface area contributed by atoms with Crippen molar-refractivity contribution >= 4 is 69.3 Å². The van der Waals surface area contributed by atoms with Gasteiger partial charge >= 0.3 is 5.97 Å². The lowest BCUT2D eigenvalue weighted by Crippen LogP contribution is -2.57. The lowest BCUT2D eigenvalue weighted by molar-refractivity contribution is -0.131. The van der Waals surface area contributed by atoms with Crippen LogP contribution in [0.2, 0.25) is 0 Å². The largest absolute Gasteiger partial charge is 0.462 e. The first kappa shape index (κ1) is 24.3. The topological polar surface area (TPSA) is 108 Å². The number of rotatable bonds is 5. The molecule has 2 fully saturated rings. The summed E-state index contributed by atoms with van der Waals surface area (Å²) >= 11 is 6.24. The highest BCUT2D eigenvalue weighted by Gasteiger charge is 2.40. The summed E-state index contributed by atoms with van der Waals surface area (Å²) in [6, 6.07) is 15.1. The minimum atomic E-state index is -1.23. The quantitative estimate of drug-likeness (QED) is 0.286. The second-order valence-electron chi connectivity index (χ2n) is 7.44. The van der Waals surface area contributed by atoms with Gasteiger partial charge in [0.1, 0.15) is 5.92 Å². The van der Waals surface area contributed by atoms with Crippen LogP contribution in [0, 0.1) is 5.92 Å². The van der Waals surface area contributed by atoms with Crippen LogP contribution in [-0.2, 0) is 19.1 Å². The van der Waals surface area contributed by atoms with Crippen LogP contribution in [0.4, 0.5) is 11.4 Å². The molecule has 2 aliphatic rings. The van der Waals surface area contributed by atoms with E-state index in [9.17, 15) is 19.2 Å². The number of benzene rings is 2. The Bertz CT molecular complexity index is 1270. The molecule has 2 aromatic carbocycles. The monoisotopic (exact) mass is 508 g/mol. The lowest BCUT2D eigenvalue weighted by atomic mass is 10.0. The summed E-state index contributed by atoms with van der Waals surface area (Å²) in [5.74, 6) is -3.20. The number of nitrogens with zero attached hydrogens (tertiary/aromatic N) is 3. The summed E-state index contributed by atoms with van der Waals surface area (Å²) in [6.07, 6.45) is 1.34. The van der Waals surface area contributed by atoms with E-state index in [0.29, 0.717) is 22.1 Å². The number of esters is 1. The number of amides is 3. The molecule has 9 nitrogen and oxygen atoms in total. The van der Waals surface area contributed by atoms with Gasteiger partial charge in [0.2, 0.25) is 11.8 Å². The van der Waals surface area contributed by atoms with Gasteiger partial charge in [-0.25, -0.2) is 9.79 Å². The minimum Gasteiger partial charge on any atom is -0.462 e. The Morgan fingerprint density at radius 3 is 2.49 bits per heavy atom. The average molecular weight is 509 g/mol. The molecule has 0 aliphatic carbocycles. The first-order valence-electron chi connectivity index (χ1n) is 10.6. The molecule has 0 bridgehead atoms. The molecule has 2 saturated heterocycles. The van der Waals surface area contributed by atoms with Crippen LogP contribution in [0.15, 0.2) is 70.6 Å². The van der Waals surface area contributed by atoms with Gasteiger partial charge in [0, 0.05) is 7.05 Å². The second-order valence-corrected chi connectivity index (χ2v) is 8.84. The van der Waals surface area contributed by atoms with Crippen LogP contribution < -0.4 is 10.2 Å². The van der Waals surface area contributed by atoms with E-state index in [2.05, 4.69) is 10.3 Å². The van der Waals surface area contributed by atoms with Crippen molar-refractivity contribution in [3.8, 4) is 0 Å². The Labute approximate surface area is 210 Å². The fourth-order valence-corrected chi connectivity index (χ4v) is 4.66. The van der Waals surface area contributed by atoms with Crippen molar-refractivity contribution in [1.29, 1.82) is 0 Å². The molecular formula is C24H20N4O5S2. The van der Waals surface area contributed by atoms with Gasteiger partial charge < -0.3 is 10.1 Å². The summed E-state index contributed by atoms with van der Waals surface area (Å²) in [6.45, 7) is 2.00. The molecule has 2 aromatic rings. The first-order chi connectivity index (χ1) is 16.8. The summed E-state index contributed by atoms with van der Waals surface area (Å²) in [5, 5.41) is 2.88. The molecular weight excluding hydrogens is 488 g/mol. The fraction of sp³-hybridized carbons (Fsp3) is 0.167. The normalized spacial score (nSPS) is 20.6. The Hall–Kier alpha value is -3.83. The molecule has 0 spiro atoms. The third-order valence-electron chi connectivity index (χ3n) is 5.14. The number of nitrogens with one attached hydrogen (secondary N) is 1. The van der Waals surface area contributed by atoms with E-state index in [1.165, 1.54) is 15.9 Å². The lowest BCUT2D eigenvalue weighted by Gasteiger charge is -2.31. The number of likely N-dealkylation sites (N-methyl/N-ethyl adjacent to an activating group) is 1. The molecule has 11 heteroatoms. The van der Waals surface area contributed by atoms with Crippen molar-refractivity contribution in [2.24, 2.45) is 10.9 Å². The number of aliphatic imine (C=N–C) groups is 1. The number of thioether (sulfide) groups is 1. The number of para-hydroxylation sites is 1. The van der Waals surface area contributed by atoms with Crippen molar-refractivity contribution in [2.45, 2.75) is 6.92 Å². The Morgan fingerprint density at radius 2 is 1.83 bits per heavy atom. The molecule has 1 atom stereocenters. The van der Waals surface area contributed by atoms with Crippen LogP contribution in [0.5, 0.6) is 0 Å². The van der Waals surface area contributed by atoms with Crippen molar-refractivity contribution in [2.75, 3.05) is 18.6 Å². The number of carbonyl (C=O) groups is 4. The summed E-state index contributed by atoms with van der Waals surface area (Å²) < 4.78 is 4.97. The molecule has 35 heavy (non-hydrogen) atoms. The number of ether oxygens (including phenoxy) is 1. The van der Waals surface area contributed by atoms with Crippen molar-refractivity contribution < 1.29 is 23.9 Å². The van der Waals surface area contributed by atoms with Crippen LogP contribution in [-0.4, -0.2) is 52.5 Å². The van der Waals surface area contributed by atoms with E-state index in [1.807, 2.05) is 0 Å². The standard InChI is InChI=1S/C24H20N4O5S2/c1-3-33-22(32)14-9-11-15(12-10-14)25-24-27(2)21(31)18(35-24)13-17-19(29)26-23(34)28(20(17)30)16-7-5-4-6-8-16/h4-13,17H,3H2,1-2H3,(H,26,29,34). The maximum absolute atomic E-state index is 13.2. The van der Waals surface area contributed by atoms with Crippen LogP contribution >= 0.6 is 24.0 Å². The van der Waals surface area contributed by atoms with Gasteiger partial charge in [-0.1, -0.05) is 18.2 Å². The predicted octanol–water partition coefficient (Wildman–Crippen LogP) is 3.00. The number of hydrogen-bond donors (Lipinski definition) is 1. The molecule has 1 N–H and O–H groups in total. The maximum Gasteiger partial charge on any atom is 0.338 e. The van der Waals surface area contributed by atoms with Gasteiger partial charge in [-0.05, 0) is 73.4 Å². The number of amidine groups is 1. The van der Waals surface area contributed by atoms with Gasteiger partial charge in [0.15, 0.2) is 10.3 Å². The molecule has 4 rings (SSSR count). The molecule has 2 heterocycles. The molecule has 0 radical (unpaired) electrons. The van der Waals surface area contributed by atoms with Crippen molar-refractivity contribution in [1.82, 2.24) is 10.2 Å². The predicted molar refractivity (Wildman–Crippen MR) is 136 cm³/mol.